The number of hydrogen-bond donors (Lipinski definition) is 2. The van der Waals surface area contributed by atoms with Crippen molar-refractivity contribution >= 4 is 17.7 Å². The molecule has 0 aliphatic rings. The smallest absolute Gasteiger partial charge is 0.321 e. The van der Waals surface area contributed by atoms with Crippen molar-refractivity contribution in [3.8, 4) is 5.75 Å². The third-order valence-corrected chi connectivity index (χ3v) is 3.04. The molecule has 0 fully saturated rings. The van der Waals surface area contributed by atoms with Gasteiger partial charge in [-0.2, -0.15) is 0 Å². The number of ether oxygens (including phenoxy) is 2. The summed E-state index contributed by atoms with van der Waals surface area (Å²) in [6, 6.07) is 3.20. The van der Waals surface area contributed by atoms with Gasteiger partial charge >= 0.3 is 12.0 Å². The highest BCUT2D eigenvalue weighted by molar-refractivity contribution is 5.91. The lowest BCUT2D eigenvalue weighted by Crippen LogP contribution is -2.36. The molecular weight excluding hydrogens is 307 g/mol. The van der Waals surface area contributed by atoms with E-state index in [4.69, 9.17) is 14.6 Å². The number of carboxylic acids is 1. The average molecular weight is 328 g/mol. The second kappa shape index (κ2) is 8.94. The zero-order valence-corrected chi connectivity index (χ0v) is 13.3. The molecule has 7 nitrogen and oxygen atoms in total. The van der Waals surface area contributed by atoms with Gasteiger partial charge in [-0.25, -0.2) is 9.18 Å². The highest BCUT2D eigenvalue weighted by Gasteiger charge is 2.18. The van der Waals surface area contributed by atoms with Crippen LogP contribution in [0.25, 0.3) is 0 Å². The van der Waals surface area contributed by atoms with E-state index in [1.165, 1.54) is 38.1 Å². The number of anilines is 1. The molecule has 0 heterocycles. The number of benzene rings is 1. The Morgan fingerprint density at radius 2 is 2.09 bits per heavy atom. The third kappa shape index (κ3) is 6.11. The van der Waals surface area contributed by atoms with Gasteiger partial charge in [-0.1, -0.05) is 6.92 Å². The van der Waals surface area contributed by atoms with Crippen LogP contribution in [-0.4, -0.2) is 55.9 Å². The SMILES string of the molecule is COCCOc1ccc(F)cc1NC(=O)N(C)CC(C)C(=O)O. The van der Waals surface area contributed by atoms with Gasteiger partial charge in [0.05, 0.1) is 18.2 Å². The third-order valence-electron chi connectivity index (χ3n) is 3.04. The summed E-state index contributed by atoms with van der Waals surface area (Å²) in [6.45, 7) is 2.11. The summed E-state index contributed by atoms with van der Waals surface area (Å²) in [5.41, 5.74) is 0.168. The van der Waals surface area contributed by atoms with E-state index in [0.717, 1.165) is 6.07 Å². The van der Waals surface area contributed by atoms with Crippen molar-refractivity contribution < 1.29 is 28.6 Å². The molecule has 1 aromatic carbocycles. The number of carbonyl (C=O) groups excluding carboxylic acids is 1. The molecule has 0 saturated heterocycles. The Kier molecular flexibility index (Phi) is 7.27. The van der Waals surface area contributed by atoms with Crippen molar-refractivity contribution in [2.75, 3.05) is 39.2 Å². The Bertz CT molecular complexity index is 553. The summed E-state index contributed by atoms with van der Waals surface area (Å²) >= 11 is 0. The van der Waals surface area contributed by atoms with Gasteiger partial charge in [0.15, 0.2) is 0 Å². The summed E-state index contributed by atoms with van der Waals surface area (Å²) in [4.78, 5) is 24.1. The molecule has 128 valence electrons. The van der Waals surface area contributed by atoms with Crippen LogP contribution < -0.4 is 10.1 Å². The van der Waals surface area contributed by atoms with Gasteiger partial charge < -0.3 is 24.8 Å². The number of carboxylic acid groups (broad SMARTS) is 1. The van der Waals surface area contributed by atoms with Gasteiger partial charge in [0, 0.05) is 26.8 Å². The molecule has 0 aliphatic heterocycles. The topological polar surface area (TPSA) is 88.1 Å². The molecule has 23 heavy (non-hydrogen) atoms. The minimum absolute atomic E-state index is 0.0242. The highest BCUT2D eigenvalue weighted by Crippen LogP contribution is 2.25. The fourth-order valence-corrected chi connectivity index (χ4v) is 1.74. The Morgan fingerprint density at radius 1 is 1.39 bits per heavy atom. The molecule has 0 bridgehead atoms. The van der Waals surface area contributed by atoms with Crippen molar-refractivity contribution in [1.82, 2.24) is 4.90 Å². The monoisotopic (exact) mass is 328 g/mol. The van der Waals surface area contributed by atoms with E-state index >= 15 is 0 Å². The van der Waals surface area contributed by atoms with Crippen LogP contribution in [0.5, 0.6) is 5.75 Å². The summed E-state index contributed by atoms with van der Waals surface area (Å²) < 4.78 is 23.7. The van der Waals surface area contributed by atoms with E-state index in [1.54, 1.807) is 0 Å². The molecule has 1 atom stereocenters. The van der Waals surface area contributed by atoms with Gasteiger partial charge in [-0.3, -0.25) is 4.79 Å². The van der Waals surface area contributed by atoms with Crippen LogP contribution in [-0.2, 0) is 9.53 Å². The number of urea groups is 1. The Morgan fingerprint density at radius 3 is 2.70 bits per heavy atom. The number of carbonyl (C=O) groups is 2. The Labute approximate surface area is 134 Å². The molecule has 0 saturated carbocycles. The molecule has 2 amide bonds. The second-order valence-corrected chi connectivity index (χ2v) is 5.03. The number of amides is 2. The first-order chi connectivity index (χ1) is 10.8. The van der Waals surface area contributed by atoms with Gasteiger partial charge in [0.2, 0.25) is 0 Å². The van der Waals surface area contributed by atoms with Crippen LogP contribution >= 0.6 is 0 Å². The molecule has 1 unspecified atom stereocenters. The molecule has 0 radical (unpaired) electrons. The summed E-state index contributed by atoms with van der Waals surface area (Å²) in [5.74, 6) is -1.94. The highest BCUT2D eigenvalue weighted by atomic mass is 19.1. The maximum atomic E-state index is 13.4. The molecule has 0 spiro atoms. The van der Waals surface area contributed by atoms with Crippen molar-refractivity contribution in [2.45, 2.75) is 6.92 Å². The number of nitrogens with one attached hydrogen (secondary N) is 1. The number of methoxy groups -OCH3 is 1. The first kappa shape index (κ1) is 18.7. The van der Waals surface area contributed by atoms with Crippen LogP contribution in [0.4, 0.5) is 14.9 Å². The first-order valence-electron chi connectivity index (χ1n) is 7.01. The fraction of sp³-hybridized carbons (Fsp3) is 0.467. The standard InChI is InChI=1S/C15H21FN2O5/c1-10(14(19)20)9-18(2)15(21)17-12-8-11(16)4-5-13(12)23-7-6-22-3/h4-5,8,10H,6-7,9H2,1-3H3,(H,17,21)(H,19,20). The van der Waals surface area contributed by atoms with E-state index in [2.05, 4.69) is 5.32 Å². The van der Waals surface area contributed by atoms with Crippen LogP contribution in [0.1, 0.15) is 6.92 Å². The number of rotatable bonds is 8. The maximum Gasteiger partial charge on any atom is 0.321 e. The molecule has 0 aliphatic carbocycles. The number of nitrogens with zero attached hydrogens (tertiary/aromatic N) is 1. The van der Waals surface area contributed by atoms with E-state index < -0.39 is 23.7 Å². The summed E-state index contributed by atoms with van der Waals surface area (Å²) in [5, 5.41) is 11.4. The molecule has 8 heteroatoms. The molecule has 1 rings (SSSR count). The van der Waals surface area contributed by atoms with Gasteiger partial charge in [-0.05, 0) is 12.1 Å². The normalized spacial score (nSPS) is 11.7. The van der Waals surface area contributed by atoms with Crippen molar-refractivity contribution in [3.63, 3.8) is 0 Å². The quantitative estimate of drug-likeness (QED) is 0.713. The fourth-order valence-electron chi connectivity index (χ4n) is 1.74. The van der Waals surface area contributed by atoms with Gasteiger partial charge in [0.1, 0.15) is 18.2 Å². The Hall–Kier alpha value is -2.35. The maximum absolute atomic E-state index is 13.4. The summed E-state index contributed by atoms with van der Waals surface area (Å²) in [6.07, 6.45) is 0. The van der Waals surface area contributed by atoms with Crippen LogP contribution in [0, 0.1) is 11.7 Å². The molecular formula is C15H21FN2O5. The minimum Gasteiger partial charge on any atom is -0.489 e. The first-order valence-corrected chi connectivity index (χ1v) is 7.01. The predicted octanol–water partition coefficient (Wildman–Crippen LogP) is 2.04. The van der Waals surface area contributed by atoms with Crippen LogP contribution in [0.2, 0.25) is 0 Å². The zero-order chi connectivity index (χ0) is 17.4. The molecule has 0 aromatic heterocycles. The lowest BCUT2D eigenvalue weighted by atomic mass is 10.2. The van der Waals surface area contributed by atoms with Crippen molar-refractivity contribution in [3.05, 3.63) is 24.0 Å². The van der Waals surface area contributed by atoms with Crippen molar-refractivity contribution in [1.29, 1.82) is 0 Å². The van der Waals surface area contributed by atoms with Crippen LogP contribution in [0.3, 0.4) is 0 Å². The second-order valence-electron chi connectivity index (χ2n) is 5.03. The molecule has 2 N–H and O–H groups in total. The lowest BCUT2D eigenvalue weighted by Gasteiger charge is -2.21. The van der Waals surface area contributed by atoms with Gasteiger partial charge in [0.25, 0.3) is 0 Å². The molecule has 1 aromatic rings. The van der Waals surface area contributed by atoms with E-state index in [-0.39, 0.29) is 18.8 Å². The largest absolute Gasteiger partial charge is 0.489 e. The Balaban J connectivity index is 2.75. The lowest BCUT2D eigenvalue weighted by molar-refractivity contribution is -0.141. The average Bonchev–Trinajstić information content (AvgIpc) is 2.49. The van der Waals surface area contributed by atoms with E-state index in [1.807, 2.05) is 0 Å². The number of hydrogen-bond acceptors (Lipinski definition) is 4. The van der Waals surface area contributed by atoms with Crippen molar-refractivity contribution in [2.24, 2.45) is 5.92 Å². The van der Waals surface area contributed by atoms with Gasteiger partial charge in [-0.15, -0.1) is 0 Å². The minimum atomic E-state index is -1.00. The zero-order valence-electron chi connectivity index (χ0n) is 13.3. The summed E-state index contributed by atoms with van der Waals surface area (Å²) in [7, 11) is 2.98. The number of aliphatic carboxylic acids is 1. The predicted molar refractivity (Wildman–Crippen MR) is 82.2 cm³/mol. The van der Waals surface area contributed by atoms with Crippen LogP contribution in [0.15, 0.2) is 18.2 Å². The number of halogens is 1. The van der Waals surface area contributed by atoms with E-state index in [0.29, 0.717) is 12.4 Å². The van der Waals surface area contributed by atoms with E-state index in [9.17, 15) is 14.0 Å².